The maximum absolute atomic E-state index is 12.8. The fourth-order valence-corrected chi connectivity index (χ4v) is 4.41. The summed E-state index contributed by atoms with van der Waals surface area (Å²) in [7, 11) is 0. The molecule has 0 N–H and O–H groups in total. The standard InChI is InChI=1S/C26H22ClN3O/c27-21-11-6-12-22(17-21)30-18-20(16-25(30)31)26-28-23-13-4-5-14-24(23)29(26)15-7-10-19-8-2-1-3-9-19/h1-14,17,20H,15-16,18H2/b10-7-/t20-/m0/s1. The molecule has 3 aromatic carbocycles. The molecular formula is C26H22ClN3O. The van der Waals surface area contributed by atoms with Gasteiger partial charge in [0.1, 0.15) is 5.82 Å². The number of aromatic nitrogens is 2. The van der Waals surface area contributed by atoms with Gasteiger partial charge in [-0.25, -0.2) is 4.98 Å². The molecule has 1 aromatic heterocycles. The Morgan fingerprint density at radius 2 is 1.81 bits per heavy atom. The predicted molar refractivity (Wildman–Crippen MR) is 126 cm³/mol. The van der Waals surface area contributed by atoms with Crippen molar-refractivity contribution >= 4 is 40.3 Å². The van der Waals surface area contributed by atoms with Crippen LogP contribution in [0, 0.1) is 0 Å². The molecule has 1 saturated heterocycles. The quantitative estimate of drug-likeness (QED) is 0.396. The van der Waals surface area contributed by atoms with Gasteiger partial charge in [-0.2, -0.15) is 0 Å². The maximum Gasteiger partial charge on any atom is 0.227 e. The van der Waals surface area contributed by atoms with E-state index in [9.17, 15) is 4.79 Å². The number of benzene rings is 3. The van der Waals surface area contributed by atoms with E-state index in [4.69, 9.17) is 16.6 Å². The molecule has 0 unspecified atom stereocenters. The van der Waals surface area contributed by atoms with Crippen LogP contribution in [0.4, 0.5) is 5.69 Å². The molecule has 154 valence electrons. The highest BCUT2D eigenvalue weighted by Gasteiger charge is 2.34. The van der Waals surface area contributed by atoms with Crippen LogP contribution < -0.4 is 4.90 Å². The van der Waals surface area contributed by atoms with Gasteiger partial charge in [-0.05, 0) is 35.9 Å². The van der Waals surface area contributed by atoms with Crippen LogP contribution in [-0.2, 0) is 11.3 Å². The molecule has 1 atom stereocenters. The number of para-hydroxylation sites is 2. The molecule has 1 amide bonds. The molecule has 0 radical (unpaired) electrons. The molecule has 31 heavy (non-hydrogen) atoms. The van der Waals surface area contributed by atoms with Crippen molar-refractivity contribution in [1.82, 2.24) is 9.55 Å². The third-order valence-corrected chi connectivity index (χ3v) is 5.93. The van der Waals surface area contributed by atoms with Crippen molar-refractivity contribution in [2.45, 2.75) is 18.9 Å². The summed E-state index contributed by atoms with van der Waals surface area (Å²) in [6.45, 7) is 1.30. The van der Waals surface area contributed by atoms with Crippen molar-refractivity contribution in [3.63, 3.8) is 0 Å². The third-order valence-electron chi connectivity index (χ3n) is 5.69. The molecule has 1 aliphatic rings. The number of allylic oxidation sites excluding steroid dienone is 1. The average Bonchev–Trinajstić information content (AvgIpc) is 3.35. The molecule has 5 heteroatoms. The fourth-order valence-electron chi connectivity index (χ4n) is 4.23. The normalized spacial score (nSPS) is 16.6. The molecule has 0 bridgehead atoms. The Morgan fingerprint density at radius 1 is 1.00 bits per heavy atom. The fraction of sp³-hybridized carbons (Fsp3) is 0.154. The lowest BCUT2D eigenvalue weighted by molar-refractivity contribution is -0.117. The lowest BCUT2D eigenvalue weighted by Gasteiger charge is -2.17. The van der Waals surface area contributed by atoms with Crippen LogP contribution in [-0.4, -0.2) is 22.0 Å². The number of carbonyl (C=O) groups excluding carboxylic acids is 1. The maximum atomic E-state index is 12.8. The van der Waals surface area contributed by atoms with Gasteiger partial charge in [0.25, 0.3) is 0 Å². The minimum absolute atomic E-state index is 0.0315. The summed E-state index contributed by atoms with van der Waals surface area (Å²) >= 11 is 6.15. The Labute approximate surface area is 186 Å². The van der Waals surface area contributed by atoms with Crippen LogP contribution in [0.25, 0.3) is 17.1 Å². The van der Waals surface area contributed by atoms with Crippen LogP contribution in [0.2, 0.25) is 5.02 Å². The molecule has 2 heterocycles. The Hall–Kier alpha value is -3.37. The molecule has 4 nitrogen and oxygen atoms in total. The average molecular weight is 428 g/mol. The molecule has 1 aliphatic heterocycles. The lowest BCUT2D eigenvalue weighted by atomic mass is 10.1. The monoisotopic (exact) mass is 427 g/mol. The van der Waals surface area contributed by atoms with Crippen molar-refractivity contribution in [3.8, 4) is 0 Å². The molecule has 5 rings (SSSR count). The highest BCUT2D eigenvalue weighted by Crippen LogP contribution is 2.34. The SMILES string of the molecule is O=C1C[C@H](c2nc3ccccc3n2C/C=C\c2ccccc2)CN1c1cccc(Cl)c1. The van der Waals surface area contributed by atoms with Gasteiger partial charge in [0.05, 0.1) is 11.0 Å². The number of amides is 1. The highest BCUT2D eigenvalue weighted by molar-refractivity contribution is 6.30. The van der Waals surface area contributed by atoms with E-state index in [0.717, 1.165) is 28.1 Å². The van der Waals surface area contributed by atoms with E-state index in [0.29, 0.717) is 24.5 Å². The van der Waals surface area contributed by atoms with Gasteiger partial charge >= 0.3 is 0 Å². The van der Waals surface area contributed by atoms with Crippen molar-refractivity contribution in [2.75, 3.05) is 11.4 Å². The summed E-state index contributed by atoms with van der Waals surface area (Å²) in [5, 5.41) is 0.632. The number of rotatable bonds is 5. The number of anilines is 1. The second kappa shape index (κ2) is 8.40. The number of fused-ring (bicyclic) bond motifs is 1. The van der Waals surface area contributed by atoms with E-state index in [1.54, 1.807) is 0 Å². The molecule has 4 aromatic rings. The third kappa shape index (κ3) is 3.99. The topological polar surface area (TPSA) is 38.1 Å². The van der Waals surface area contributed by atoms with E-state index < -0.39 is 0 Å². The minimum Gasteiger partial charge on any atom is -0.324 e. The number of hydrogen-bond acceptors (Lipinski definition) is 2. The number of nitrogens with zero attached hydrogens (tertiary/aromatic N) is 3. The first-order valence-electron chi connectivity index (χ1n) is 10.4. The minimum atomic E-state index is 0.0315. The summed E-state index contributed by atoms with van der Waals surface area (Å²) in [6, 6.07) is 25.9. The zero-order valence-electron chi connectivity index (χ0n) is 17.0. The van der Waals surface area contributed by atoms with Gasteiger partial charge < -0.3 is 9.47 Å². The zero-order valence-corrected chi connectivity index (χ0v) is 17.7. The summed E-state index contributed by atoms with van der Waals surface area (Å²) in [5.41, 5.74) is 4.05. The Bertz CT molecular complexity index is 1260. The number of halogens is 1. The van der Waals surface area contributed by atoms with Crippen molar-refractivity contribution in [3.05, 3.63) is 101 Å². The molecule has 1 fully saturated rings. The first kappa shape index (κ1) is 19.6. The second-order valence-electron chi connectivity index (χ2n) is 7.77. The van der Waals surface area contributed by atoms with E-state index in [1.807, 2.05) is 65.6 Å². The summed E-state index contributed by atoms with van der Waals surface area (Å²) in [4.78, 5) is 19.6. The number of imidazole rings is 1. The Kier molecular flexibility index (Phi) is 5.31. The van der Waals surface area contributed by atoms with E-state index >= 15 is 0 Å². The Morgan fingerprint density at radius 3 is 2.65 bits per heavy atom. The van der Waals surface area contributed by atoms with Crippen molar-refractivity contribution in [1.29, 1.82) is 0 Å². The van der Waals surface area contributed by atoms with Crippen molar-refractivity contribution in [2.24, 2.45) is 0 Å². The smallest absolute Gasteiger partial charge is 0.227 e. The summed E-state index contributed by atoms with van der Waals surface area (Å²) in [6.07, 6.45) is 4.72. The molecular weight excluding hydrogens is 406 g/mol. The molecule has 0 saturated carbocycles. The van der Waals surface area contributed by atoms with Gasteiger partial charge in [-0.15, -0.1) is 0 Å². The number of hydrogen-bond donors (Lipinski definition) is 0. The summed E-state index contributed by atoms with van der Waals surface area (Å²) < 4.78 is 2.23. The summed E-state index contributed by atoms with van der Waals surface area (Å²) in [5.74, 6) is 1.09. The molecule has 0 spiro atoms. The zero-order chi connectivity index (χ0) is 21.2. The van der Waals surface area contributed by atoms with Crippen molar-refractivity contribution < 1.29 is 4.79 Å². The van der Waals surface area contributed by atoms with Gasteiger partial charge in [0.2, 0.25) is 5.91 Å². The van der Waals surface area contributed by atoms with E-state index in [1.165, 1.54) is 0 Å². The predicted octanol–water partition coefficient (Wildman–Crippen LogP) is 5.92. The van der Waals surface area contributed by atoms with Gasteiger partial charge in [-0.1, -0.05) is 72.3 Å². The van der Waals surface area contributed by atoms with E-state index in [-0.39, 0.29) is 11.8 Å². The second-order valence-corrected chi connectivity index (χ2v) is 8.20. The van der Waals surface area contributed by atoms with Gasteiger partial charge in [0, 0.05) is 36.1 Å². The highest BCUT2D eigenvalue weighted by atomic mass is 35.5. The van der Waals surface area contributed by atoms with Crippen LogP contribution >= 0.6 is 11.6 Å². The van der Waals surface area contributed by atoms with Gasteiger partial charge in [0.15, 0.2) is 0 Å². The number of carbonyl (C=O) groups is 1. The first-order valence-corrected chi connectivity index (χ1v) is 10.8. The molecule has 0 aliphatic carbocycles. The van der Waals surface area contributed by atoms with Crippen LogP contribution in [0.5, 0.6) is 0 Å². The first-order chi connectivity index (χ1) is 15.2. The van der Waals surface area contributed by atoms with Crippen LogP contribution in [0.1, 0.15) is 23.7 Å². The van der Waals surface area contributed by atoms with Crippen LogP contribution in [0.3, 0.4) is 0 Å². The lowest BCUT2D eigenvalue weighted by Crippen LogP contribution is -2.24. The van der Waals surface area contributed by atoms with E-state index in [2.05, 4.69) is 34.9 Å². The largest absolute Gasteiger partial charge is 0.324 e. The Balaban J connectivity index is 1.46. The van der Waals surface area contributed by atoms with Gasteiger partial charge in [-0.3, -0.25) is 4.79 Å². The van der Waals surface area contributed by atoms with Crippen LogP contribution in [0.15, 0.2) is 84.9 Å².